The third-order valence-electron chi connectivity index (χ3n) is 6.08. The van der Waals surface area contributed by atoms with Gasteiger partial charge in [-0.25, -0.2) is 13.2 Å². The summed E-state index contributed by atoms with van der Waals surface area (Å²) in [6.07, 6.45) is 12.2. The molecule has 0 amide bonds. The molecule has 2 aromatic carbocycles. The smallest absolute Gasteiger partial charge is 0.155 e. The zero-order valence-electron chi connectivity index (χ0n) is 16.0. The van der Waals surface area contributed by atoms with E-state index < -0.39 is 22.5 Å². The van der Waals surface area contributed by atoms with Gasteiger partial charge in [-0.3, -0.25) is 0 Å². The predicted molar refractivity (Wildman–Crippen MR) is 107 cm³/mol. The molecule has 3 rings (SSSR count). The summed E-state index contributed by atoms with van der Waals surface area (Å²) in [5, 5.41) is -0.609. The van der Waals surface area contributed by atoms with Crippen molar-refractivity contribution in [3.05, 3.63) is 46.2 Å². The third kappa shape index (κ3) is 4.80. The first-order valence-electron chi connectivity index (χ1n) is 10.3. The molecule has 2 aromatic rings. The Hall–Kier alpha value is -1.22. The monoisotopic (exact) mass is 396 g/mol. The number of hydrogen-bond acceptors (Lipinski definition) is 0. The topological polar surface area (TPSA) is 0 Å². The van der Waals surface area contributed by atoms with Gasteiger partial charge in [0.2, 0.25) is 0 Å². The van der Waals surface area contributed by atoms with Gasteiger partial charge in [0, 0.05) is 0 Å². The van der Waals surface area contributed by atoms with Crippen LogP contribution in [0.4, 0.5) is 13.2 Å². The summed E-state index contributed by atoms with van der Waals surface area (Å²) < 4.78 is 42.4. The maximum absolute atomic E-state index is 14.5. The first-order valence-corrected chi connectivity index (χ1v) is 10.7. The Morgan fingerprint density at radius 1 is 0.889 bits per heavy atom. The Morgan fingerprint density at radius 2 is 1.59 bits per heavy atom. The zero-order valence-corrected chi connectivity index (χ0v) is 16.7. The molecule has 1 fully saturated rings. The highest BCUT2D eigenvalue weighted by molar-refractivity contribution is 6.31. The van der Waals surface area contributed by atoms with Crippen LogP contribution < -0.4 is 0 Å². The first-order chi connectivity index (χ1) is 13.0. The predicted octanol–water partition coefficient (Wildman–Crippen LogP) is 8.54. The molecule has 0 atom stereocenters. The maximum atomic E-state index is 14.5. The Labute approximate surface area is 165 Å². The van der Waals surface area contributed by atoms with Crippen molar-refractivity contribution in [3.8, 4) is 0 Å². The molecule has 4 heteroatoms. The second-order valence-electron chi connectivity index (χ2n) is 8.01. The number of hydrogen-bond donors (Lipinski definition) is 0. The van der Waals surface area contributed by atoms with Gasteiger partial charge >= 0.3 is 0 Å². The number of benzene rings is 2. The zero-order chi connectivity index (χ0) is 19.4. The van der Waals surface area contributed by atoms with Gasteiger partial charge in [-0.05, 0) is 60.6 Å². The minimum absolute atomic E-state index is 0.217. The molecule has 27 heavy (non-hydrogen) atoms. The molecule has 1 saturated carbocycles. The Balaban J connectivity index is 1.64. The number of rotatable bonds is 7. The molecule has 0 unspecified atom stereocenters. The molecule has 0 radical (unpaired) electrons. The number of fused-ring (bicyclic) bond motifs is 1. The van der Waals surface area contributed by atoms with Crippen LogP contribution in [0.1, 0.15) is 82.6 Å². The van der Waals surface area contributed by atoms with Crippen LogP contribution in [-0.4, -0.2) is 0 Å². The van der Waals surface area contributed by atoms with E-state index in [4.69, 9.17) is 11.6 Å². The summed E-state index contributed by atoms with van der Waals surface area (Å²) in [5.74, 6) is -1.48. The molecule has 0 nitrogen and oxygen atoms in total. The van der Waals surface area contributed by atoms with Crippen molar-refractivity contribution in [1.29, 1.82) is 0 Å². The third-order valence-corrected chi connectivity index (χ3v) is 6.43. The van der Waals surface area contributed by atoms with E-state index in [1.54, 1.807) is 6.07 Å². The molecule has 0 spiro atoms. The highest BCUT2D eigenvalue weighted by Gasteiger charge is 2.24. The Kier molecular flexibility index (Phi) is 7.08. The molecule has 0 N–H and O–H groups in total. The Morgan fingerprint density at radius 3 is 2.30 bits per heavy atom. The fourth-order valence-electron chi connectivity index (χ4n) is 4.47. The van der Waals surface area contributed by atoms with E-state index in [2.05, 4.69) is 6.92 Å². The average Bonchev–Trinajstić information content (AvgIpc) is 2.66. The quantitative estimate of drug-likeness (QED) is 0.325. The van der Waals surface area contributed by atoms with Crippen molar-refractivity contribution in [1.82, 2.24) is 0 Å². The van der Waals surface area contributed by atoms with Crippen LogP contribution in [0.15, 0.2) is 18.2 Å². The van der Waals surface area contributed by atoms with Gasteiger partial charge in [0.1, 0.15) is 16.7 Å². The van der Waals surface area contributed by atoms with E-state index in [1.807, 2.05) is 0 Å². The van der Waals surface area contributed by atoms with E-state index in [0.717, 1.165) is 43.2 Å². The van der Waals surface area contributed by atoms with Crippen LogP contribution in [0.3, 0.4) is 0 Å². The first kappa shape index (κ1) is 20.5. The molecule has 0 saturated heterocycles. The largest absolute Gasteiger partial charge is 0.206 e. The molecule has 1 aliphatic carbocycles. The fourth-order valence-corrected chi connectivity index (χ4v) is 4.62. The summed E-state index contributed by atoms with van der Waals surface area (Å²) in [5.41, 5.74) is 0.850. The molecule has 0 aromatic heterocycles. The van der Waals surface area contributed by atoms with Crippen LogP contribution in [0.5, 0.6) is 0 Å². The fraction of sp³-hybridized carbons (Fsp3) is 0.565. The van der Waals surface area contributed by atoms with Gasteiger partial charge in [0.15, 0.2) is 5.82 Å². The lowest BCUT2D eigenvalue weighted by Gasteiger charge is -2.29. The lowest BCUT2D eigenvalue weighted by Crippen LogP contribution is -2.13. The van der Waals surface area contributed by atoms with Gasteiger partial charge in [0.25, 0.3) is 0 Å². The van der Waals surface area contributed by atoms with E-state index in [1.165, 1.54) is 44.6 Å². The van der Waals surface area contributed by atoms with E-state index in [0.29, 0.717) is 0 Å². The molecule has 1 aliphatic rings. The summed E-state index contributed by atoms with van der Waals surface area (Å²) in [6.45, 7) is 2.23. The summed E-state index contributed by atoms with van der Waals surface area (Å²) in [4.78, 5) is 0. The van der Waals surface area contributed by atoms with E-state index in [9.17, 15) is 13.2 Å². The highest BCUT2D eigenvalue weighted by Crippen LogP contribution is 2.40. The molecular weight excluding hydrogens is 369 g/mol. The van der Waals surface area contributed by atoms with Gasteiger partial charge < -0.3 is 0 Å². The second-order valence-corrected chi connectivity index (χ2v) is 8.39. The molecule has 0 aliphatic heterocycles. The van der Waals surface area contributed by atoms with Crippen molar-refractivity contribution in [2.75, 3.05) is 0 Å². The van der Waals surface area contributed by atoms with Crippen LogP contribution in [-0.2, 0) is 0 Å². The molecular formula is C23H28ClF3. The maximum Gasteiger partial charge on any atom is 0.155 e. The average molecular weight is 397 g/mol. The van der Waals surface area contributed by atoms with Gasteiger partial charge in [-0.2, -0.15) is 0 Å². The molecule has 0 bridgehead atoms. The van der Waals surface area contributed by atoms with E-state index in [-0.39, 0.29) is 16.7 Å². The standard InChI is InChI=1S/C23H28ClF3/c1-2-3-4-5-6-7-15-8-10-16(11-9-15)17-12-18-14-20(26)22(24)23(27)21(18)19(25)13-17/h12-16H,2-11H2,1H3. The Bertz CT molecular complexity index is 779. The summed E-state index contributed by atoms with van der Waals surface area (Å²) in [6, 6.07) is 4.28. The minimum atomic E-state index is -1.01. The minimum Gasteiger partial charge on any atom is -0.206 e. The second kappa shape index (κ2) is 9.32. The van der Waals surface area contributed by atoms with Crippen molar-refractivity contribution in [2.45, 2.75) is 77.0 Å². The van der Waals surface area contributed by atoms with Crippen LogP contribution >= 0.6 is 11.6 Å². The van der Waals surface area contributed by atoms with Crippen LogP contribution in [0.25, 0.3) is 10.8 Å². The summed E-state index contributed by atoms with van der Waals surface area (Å²) in [7, 11) is 0. The van der Waals surface area contributed by atoms with Crippen molar-refractivity contribution >= 4 is 22.4 Å². The lowest BCUT2D eigenvalue weighted by atomic mass is 9.76. The van der Waals surface area contributed by atoms with Gasteiger partial charge in [-0.15, -0.1) is 0 Å². The summed E-state index contributed by atoms with van der Waals surface area (Å²) >= 11 is 5.59. The number of halogens is 4. The van der Waals surface area contributed by atoms with Gasteiger partial charge in [-0.1, -0.05) is 63.1 Å². The number of unbranched alkanes of at least 4 members (excludes halogenated alkanes) is 4. The SMILES string of the molecule is CCCCCCCC1CCC(c2cc(F)c3c(F)c(Cl)c(F)cc3c2)CC1. The van der Waals surface area contributed by atoms with Crippen LogP contribution in [0.2, 0.25) is 5.02 Å². The van der Waals surface area contributed by atoms with Crippen LogP contribution in [0, 0.1) is 23.4 Å². The van der Waals surface area contributed by atoms with Crippen molar-refractivity contribution in [3.63, 3.8) is 0 Å². The molecule has 0 heterocycles. The normalized spacial score (nSPS) is 20.3. The van der Waals surface area contributed by atoms with Crippen molar-refractivity contribution in [2.24, 2.45) is 5.92 Å². The lowest BCUT2D eigenvalue weighted by molar-refractivity contribution is 0.301. The van der Waals surface area contributed by atoms with E-state index >= 15 is 0 Å². The van der Waals surface area contributed by atoms with Gasteiger partial charge in [0.05, 0.1) is 5.39 Å². The highest BCUT2D eigenvalue weighted by atomic mass is 35.5. The van der Waals surface area contributed by atoms with Crippen molar-refractivity contribution < 1.29 is 13.2 Å². The molecule has 148 valence electrons.